The Balaban J connectivity index is 1.70. The van der Waals surface area contributed by atoms with Crippen LogP contribution in [-0.4, -0.2) is 15.5 Å². The van der Waals surface area contributed by atoms with Gasteiger partial charge in [-0.15, -0.1) is 6.42 Å². The number of hydrogen-bond donors (Lipinski definition) is 0. The van der Waals surface area contributed by atoms with E-state index >= 15 is 0 Å². The lowest BCUT2D eigenvalue weighted by atomic mass is 10.1. The number of para-hydroxylation sites is 1. The van der Waals surface area contributed by atoms with Crippen LogP contribution >= 0.6 is 11.6 Å². The number of ether oxygens (including phenoxy) is 1. The van der Waals surface area contributed by atoms with E-state index in [0.29, 0.717) is 10.9 Å². The summed E-state index contributed by atoms with van der Waals surface area (Å²) in [5, 5.41) is 0.666. The summed E-state index contributed by atoms with van der Waals surface area (Å²) in [6.45, 7) is 0.0654. The maximum atomic E-state index is 14.0. The lowest BCUT2D eigenvalue weighted by molar-refractivity contribution is -0.147. The van der Waals surface area contributed by atoms with Gasteiger partial charge in [0.2, 0.25) is 0 Å². The predicted molar refractivity (Wildman–Crippen MR) is 99.7 cm³/mol. The second-order valence-corrected chi connectivity index (χ2v) is 6.15. The van der Waals surface area contributed by atoms with E-state index in [1.54, 1.807) is 24.3 Å². The van der Waals surface area contributed by atoms with E-state index in [9.17, 15) is 14.0 Å². The molecule has 0 aliphatic carbocycles. The zero-order valence-corrected chi connectivity index (χ0v) is 14.8. The normalized spacial score (nSPS) is 11.7. The second kappa shape index (κ2) is 8.02. The number of nitrogens with zero attached hydrogens (tertiary/aromatic N) is 2. The molecule has 0 spiro atoms. The van der Waals surface area contributed by atoms with Gasteiger partial charge in [0.1, 0.15) is 5.82 Å². The molecule has 0 saturated carbocycles. The van der Waals surface area contributed by atoms with Gasteiger partial charge in [0.25, 0.3) is 5.56 Å². The first-order chi connectivity index (χ1) is 13.0. The van der Waals surface area contributed by atoms with Crippen molar-refractivity contribution in [2.75, 3.05) is 0 Å². The van der Waals surface area contributed by atoms with Gasteiger partial charge in [-0.05, 0) is 30.3 Å². The highest BCUT2D eigenvalue weighted by atomic mass is 35.5. The Morgan fingerprint density at radius 2 is 2.11 bits per heavy atom. The molecular formula is C20H14ClFN2O3. The van der Waals surface area contributed by atoms with Gasteiger partial charge in [0, 0.05) is 17.1 Å². The molecule has 0 N–H and O–H groups in total. The molecule has 1 atom stereocenters. The highest BCUT2D eigenvalue weighted by Crippen LogP contribution is 2.23. The molecule has 0 radical (unpaired) electrons. The number of carbonyl (C=O) groups excluding carboxylic acids is 1. The molecular weight excluding hydrogens is 371 g/mol. The minimum Gasteiger partial charge on any atom is -0.444 e. The number of rotatable bonds is 5. The van der Waals surface area contributed by atoms with Gasteiger partial charge < -0.3 is 4.74 Å². The van der Waals surface area contributed by atoms with Crippen LogP contribution in [0.1, 0.15) is 18.1 Å². The van der Waals surface area contributed by atoms with Crippen molar-refractivity contribution in [2.24, 2.45) is 0 Å². The van der Waals surface area contributed by atoms with Crippen LogP contribution in [0.25, 0.3) is 10.9 Å². The topological polar surface area (TPSA) is 61.2 Å². The molecule has 0 aliphatic rings. The molecule has 0 fully saturated rings. The number of aromatic nitrogens is 2. The van der Waals surface area contributed by atoms with E-state index in [1.807, 2.05) is 0 Å². The van der Waals surface area contributed by atoms with Crippen LogP contribution in [0.15, 0.2) is 53.6 Å². The van der Waals surface area contributed by atoms with E-state index in [1.165, 1.54) is 23.0 Å². The predicted octanol–water partition coefficient (Wildman–Crippen LogP) is 3.50. The van der Waals surface area contributed by atoms with Crippen LogP contribution in [0, 0.1) is 18.2 Å². The van der Waals surface area contributed by atoms with Crippen LogP contribution in [-0.2, 0) is 16.1 Å². The fourth-order valence-corrected chi connectivity index (χ4v) is 2.73. The number of aryl methyl sites for hydroxylation is 1. The van der Waals surface area contributed by atoms with Crippen molar-refractivity contribution in [1.82, 2.24) is 9.55 Å². The van der Waals surface area contributed by atoms with Crippen molar-refractivity contribution in [2.45, 2.75) is 19.1 Å². The van der Waals surface area contributed by atoms with Crippen LogP contribution < -0.4 is 5.56 Å². The Kier molecular flexibility index (Phi) is 5.53. The first-order valence-corrected chi connectivity index (χ1v) is 8.42. The summed E-state index contributed by atoms with van der Waals surface area (Å²) in [5.74, 6) is 0.917. The number of fused-ring (bicyclic) bond motifs is 1. The molecule has 1 heterocycles. The number of halogens is 2. The van der Waals surface area contributed by atoms with Crippen molar-refractivity contribution in [3.8, 4) is 12.3 Å². The van der Waals surface area contributed by atoms with E-state index in [0.717, 1.165) is 6.07 Å². The second-order valence-electron chi connectivity index (χ2n) is 5.71. The molecule has 2 aromatic carbocycles. The van der Waals surface area contributed by atoms with Gasteiger partial charge in [0.05, 0.1) is 23.7 Å². The number of terminal acetylenes is 1. The van der Waals surface area contributed by atoms with E-state index in [2.05, 4.69) is 10.9 Å². The van der Waals surface area contributed by atoms with Crippen LogP contribution in [0.2, 0.25) is 5.02 Å². The summed E-state index contributed by atoms with van der Waals surface area (Å²) in [7, 11) is 0. The molecule has 3 aromatic rings. The standard InChI is InChI=1S/C20H14ClFN2O3/c1-2-18(14-8-7-13(21)11-16(14)22)27-19(25)9-10-24-12-23-17-6-4-3-5-15(17)20(24)26/h1,3-8,11-12,18H,9-10H2. The third-order valence-electron chi connectivity index (χ3n) is 3.93. The summed E-state index contributed by atoms with van der Waals surface area (Å²) < 4.78 is 20.4. The third-order valence-corrected chi connectivity index (χ3v) is 4.17. The average Bonchev–Trinajstić information content (AvgIpc) is 2.66. The summed E-state index contributed by atoms with van der Waals surface area (Å²) in [5.41, 5.74) is 0.359. The monoisotopic (exact) mass is 384 g/mol. The number of carbonyl (C=O) groups is 1. The number of esters is 1. The van der Waals surface area contributed by atoms with Crippen molar-refractivity contribution >= 4 is 28.5 Å². The molecule has 136 valence electrons. The summed E-state index contributed by atoms with van der Waals surface area (Å²) in [4.78, 5) is 28.7. The van der Waals surface area contributed by atoms with Gasteiger partial charge in [-0.3, -0.25) is 14.2 Å². The van der Waals surface area contributed by atoms with Crippen LogP contribution in [0.5, 0.6) is 0 Å². The third kappa shape index (κ3) is 4.15. The molecule has 0 saturated heterocycles. The lowest BCUT2D eigenvalue weighted by Crippen LogP contribution is -2.23. The van der Waals surface area contributed by atoms with Crippen molar-refractivity contribution in [3.05, 3.63) is 75.5 Å². The molecule has 1 aromatic heterocycles. The smallest absolute Gasteiger partial charge is 0.309 e. The molecule has 5 nitrogen and oxygen atoms in total. The van der Waals surface area contributed by atoms with Crippen molar-refractivity contribution < 1.29 is 13.9 Å². The van der Waals surface area contributed by atoms with Gasteiger partial charge in [-0.25, -0.2) is 9.37 Å². The number of benzene rings is 2. The Bertz CT molecular complexity index is 1100. The summed E-state index contributed by atoms with van der Waals surface area (Å²) >= 11 is 5.71. The fourth-order valence-electron chi connectivity index (χ4n) is 2.57. The van der Waals surface area contributed by atoms with E-state index in [-0.39, 0.29) is 29.1 Å². The van der Waals surface area contributed by atoms with Gasteiger partial charge in [-0.1, -0.05) is 29.7 Å². The lowest BCUT2D eigenvalue weighted by Gasteiger charge is -2.14. The fraction of sp³-hybridized carbons (Fsp3) is 0.150. The molecule has 0 amide bonds. The van der Waals surface area contributed by atoms with E-state index < -0.39 is 17.9 Å². The maximum Gasteiger partial charge on any atom is 0.309 e. The van der Waals surface area contributed by atoms with Gasteiger partial charge >= 0.3 is 5.97 Å². The molecule has 0 bridgehead atoms. The highest BCUT2D eigenvalue weighted by Gasteiger charge is 2.18. The van der Waals surface area contributed by atoms with Crippen LogP contribution in [0.4, 0.5) is 4.39 Å². The van der Waals surface area contributed by atoms with E-state index in [4.69, 9.17) is 22.8 Å². The highest BCUT2D eigenvalue weighted by molar-refractivity contribution is 6.30. The average molecular weight is 385 g/mol. The molecule has 0 aliphatic heterocycles. The molecule has 3 rings (SSSR count). The van der Waals surface area contributed by atoms with Crippen molar-refractivity contribution in [3.63, 3.8) is 0 Å². The number of hydrogen-bond acceptors (Lipinski definition) is 4. The summed E-state index contributed by atoms with van der Waals surface area (Å²) in [6.07, 6.45) is 5.43. The Morgan fingerprint density at radius 1 is 1.33 bits per heavy atom. The zero-order chi connectivity index (χ0) is 19.4. The molecule has 1 unspecified atom stereocenters. The minimum absolute atomic E-state index is 0.0415. The molecule has 27 heavy (non-hydrogen) atoms. The Hall–Kier alpha value is -3.17. The largest absolute Gasteiger partial charge is 0.444 e. The molecule has 7 heteroatoms. The van der Waals surface area contributed by atoms with Crippen molar-refractivity contribution in [1.29, 1.82) is 0 Å². The van der Waals surface area contributed by atoms with Gasteiger partial charge in [0.15, 0.2) is 6.10 Å². The maximum absolute atomic E-state index is 14.0. The quantitative estimate of drug-likeness (QED) is 0.499. The minimum atomic E-state index is -1.18. The summed E-state index contributed by atoms with van der Waals surface area (Å²) in [6, 6.07) is 10.8. The SMILES string of the molecule is C#CC(OC(=O)CCn1cnc2ccccc2c1=O)c1ccc(Cl)cc1F. The van der Waals surface area contributed by atoms with Gasteiger partial charge in [-0.2, -0.15) is 0 Å². The first kappa shape index (κ1) is 18.6. The first-order valence-electron chi connectivity index (χ1n) is 8.04. The Morgan fingerprint density at radius 3 is 2.85 bits per heavy atom. The van der Waals surface area contributed by atoms with Crippen LogP contribution in [0.3, 0.4) is 0 Å². The zero-order valence-electron chi connectivity index (χ0n) is 14.1. The Labute approximate surface area is 159 Å².